The lowest BCUT2D eigenvalue weighted by Crippen LogP contribution is -2.47. The lowest BCUT2D eigenvalue weighted by molar-refractivity contribution is -0.119. The van der Waals surface area contributed by atoms with Crippen molar-refractivity contribution >= 4 is 17.7 Å². The van der Waals surface area contributed by atoms with Crippen LogP contribution in [0.5, 0.6) is 0 Å². The summed E-state index contributed by atoms with van der Waals surface area (Å²) in [6.45, 7) is 3.72. The molecule has 29 heavy (non-hydrogen) atoms. The van der Waals surface area contributed by atoms with Crippen LogP contribution in [0.1, 0.15) is 5.56 Å². The molecule has 0 bridgehead atoms. The average molecular weight is 414 g/mol. The Balaban J connectivity index is 1.18. The number of nitrogens with one attached hydrogen (secondary N) is 1. The monoisotopic (exact) mass is 414 g/mol. The van der Waals surface area contributed by atoms with Crippen LogP contribution < -0.4 is 5.32 Å². The molecule has 1 saturated heterocycles. The van der Waals surface area contributed by atoms with Crippen LogP contribution in [0, 0.1) is 0 Å². The number of benzene rings is 1. The van der Waals surface area contributed by atoms with Gasteiger partial charge in [-0.25, -0.2) is 0 Å². The first-order chi connectivity index (χ1) is 14.3. The molecule has 8 nitrogen and oxygen atoms in total. The average Bonchev–Trinajstić information content (AvgIpc) is 3.43. The molecule has 3 aromatic rings. The molecule has 0 spiro atoms. The van der Waals surface area contributed by atoms with Crippen LogP contribution in [0.4, 0.5) is 0 Å². The number of thioether (sulfide) groups is 1. The van der Waals surface area contributed by atoms with E-state index in [0.29, 0.717) is 30.0 Å². The zero-order valence-electron chi connectivity index (χ0n) is 15.8. The Bertz CT molecular complexity index is 900. The minimum absolute atomic E-state index is 0.0182. The molecule has 1 aliphatic heterocycles. The summed E-state index contributed by atoms with van der Waals surface area (Å²) >= 11 is 1.19. The molecule has 1 amide bonds. The normalized spacial score (nSPS) is 17.3. The molecule has 0 saturated carbocycles. The summed E-state index contributed by atoms with van der Waals surface area (Å²) in [5, 5.41) is 11.1. The van der Waals surface area contributed by atoms with Crippen LogP contribution in [0.15, 0.2) is 62.8 Å². The SMILES string of the molecule is O=C(CSc1nnc(-c2ccco2)o1)NCC1CN(Cc2ccccc2)CCO1. The largest absolute Gasteiger partial charge is 0.459 e. The number of aromatic nitrogens is 2. The Morgan fingerprint density at radius 2 is 2.10 bits per heavy atom. The van der Waals surface area contributed by atoms with E-state index in [2.05, 4.69) is 32.5 Å². The molecule has 4 rings (SSSR count). The first-order valence-corrected chi connectivity index (χ1v) is 10.4. The van der Waals surface area contributed by atoms with Gasteiger partial charge in [-0.15, -0.1) is 10.2 Å². The number of ether oxygens (including phenoxy) is 1. The highest BCUT2D eigenvalue weighted by Gasteiger charge is 2.21. The molecular weight excluding hydrogens is 392 g/mol. The van der Waals surface area contributed by atoms with Crippen molar-refractivity contribution in [3.8, 4) is 11.7 Å². The van der Waals surface area contributed by atoms with E-state index in [1.54, 1.807) is 12.1 Å². The number of hydrogen-bond donors (Lipinski definition) is 1. The fourth-order valence-corrected chi connectivity index (χ4v) is 3.66. The van der Waals surface area contributed by atoms with Crippen molar-refractivity contribution in [1.29, 1.82) is 0 Å². The molecule has 1 aromatic carbocycles. The lowest BCUT2D eigenvalue weighted by Gasteiger charge is -2.33. The predicted octanol–water partition coefficient (Wildman–Crippen LogP) is 2.44. The van der Waals surface area contributed by atoms with Gasteiger partial charge in [-0.2, -0.15) is 0 Å². The Morgan fingerprint density at radius 3 is 2.93 bits per heavy atom. The number of amides is 1. The minimum atomic E-state index is -0.100. The standard InChI is InChI=1S/C20H22N4O4S/c25-18(14-29-20-23-22-19(28-20)17-7-4-9-27-17)21-11-16-13-24(8-10-26-16)12-15-5-2-1-3-6-15/h1-7,9,16H,8,10-14H2,(H,21,25). The number of morpholine rings is 1. The van der Waals surface area contributed by atoms with E-state index >= 15 is 0 Å². The van der Waals surface area contributed by atoms with Crippen molar-refractivity contribution < 1.29 is 18.4 Å². The second kappa shape index (κ2) is 9.73. The van der Waals surface area contributed by atoms with E-state index in [9.17, 15) is 4.79 Å². The van der Waals surface area contributed by atoms with Crippen LogP contribution >= 0.6 is 11.8 Å². The fourth-order valence-electron chi connectivity index (χ4n) is 3.06. The van der Waals surface area contributed by atoms with Gasteiger partial charge in [0.05, 0.1) is 24.7 Å². The highest BCUT2D eigenvalue weighted by molar-refractivity contribution is 7.99. The zero-order chi connectivity index (χ0) is 19.9. The molecular formula is C20H22N4O4S. The summed E-state index contributed by atoms with van der Waals surface area (Å²) in [6, 6.07) is 13.8. The van der Waals surface area contributed by atoms with Crippen LogP contribution in [0.25, 0.3) is 11.7 Å². The van der Waals surface area contributed by atoms with Crippen molar-refractivity contribution in [2.75, 3.05) is 32.0 Å². The Labute approximate surface area is 172 Å². The molecule has 1 N–H and O–H groups in total. The number of furan rings is 1. The van der Waals surface area contributed by atoms with Gasteiger partial charge in [-0.1, -0.05) is 42.1 Å². The molecule has 152 valence electrons. The summed E-state index contributed by atoms with van der Waals surface area (Å²) in [5.41, 5.74) is 1.28. The van der Waals surface area contributed by atoms with Gasteiger partial charge < -0.3 is 18.9 Å². The summed E-state index contributed by atoms with van der Waals surface area (Å²) < 4.78 is 16.5. The van der Waals surface area contributed by atoms with Crippen LogP contribution in [0.2, 0.25) is 0 Å². The molecule has 1 unspecified atom stereocenters. The molecule has 3 heterocycles. The lowest BCUT2D eigenvalue weighted by atomic mass is 10.2. The van der Waals surface area contributed by atoms with Gasteiger partial charge in [-0.3, -0.25) is 9.69 Å². The Kier molecular flexibility index (Phi) is 6.60. The van der Waals surface area contributed by atoms with Gasteiger partial charge in [0.25, 0.3) is 11.1 Å². The number of nitrogens with zero attached hydrogens (tertiary/aromatic N) is 3. The Hall–Kier alpha value is -2.62. The van der Waals surface area contributed by atoms with E-state index in [1.807, 2.05) is 18.2 Å². The van der Waals surface area contributed by atoms with Crippen molar-refractivity contribution in [3.63, 3.8) is 0 Å². The van der Waals surface area contributed by atoms with Gasteiger partial charge in [0.15, 0.2) is 5.76 Å². The number of carbonyl (C=O) groups excluding carboxylic acids is 1. The number of carbonyl (C=O) groups is 1. The Morgan fingerprint density at radius 1 is 1.21 bits per heavy atom. The third-order valence-corrected chi connectivity index (χ3v) is 5.28. The quantitative estimate of drug-likeness (QED) is 0.562. The predicted molar refractivity (Wildman–Crippen MR) is 107 cm³/mol. The molecule has 0 aliphatic carbocycles. The van der Waals surface area contributed by atoms with E-state index in [4.69, 9.17) is 13.6 Å². The van der Waals surface area contributed by atoms with Crippen molar-refractivity contribution in [2.24, 2.45) is 0 Å². The van der Waals surface area contributed by atoms with E-state index in [1.165, 1.54) is 23.6 Å². The van der Waals surface area contributed by atoms with Gasteiger partial charge in [-0.05, 0) is 17.7 Å². The highest BCUT2D eigenvalue weighted by Crippen LogP contribution is 2.23. The molecule has 9 heteroatoms. The van der Waals surface area contributed by atoms with Crippen LogP contribution in [0.3, 0.4) is 0 Å². The summed E-state index contributed by atoms with van der Waals surface area (Å²) in [5.74, 6) is 0.895. The topological polar surface area (TPSA) is 93.6 Å². The molecule has 1 aliphatic rings. The maximum Gasteiger partial charge on any atom is 0.284 e. The first kappa shape index (κ1) is 19.7. The second-order valence-corrected chi connectivity index (χ2v) is 7.58. The minimum Gasteiger partial charge on any atom is -0.459 e. The van der Waals surface area contributed by atoms with Gasteiger partial charge >= 0.3 is 0 Å². The zero-order valence-corrected chi connectivity index (χ0v) is 16.6. The summed E-state index contributed by atoms with van der Waals surface area (Å²) in [7, 11) is 0. The second-order valence-electron chi connectivity index (χ2n) is 6.66. The molecule has 1 fully saturated rings. The number of rotatable bonds is 8. The van der Waals surface area contributed by atoms with Crippen LogP contribution in [-0.2, 0) is 16.1 Å². The molecule has 2 aromatic heterocycles. The molecule has 1 atom stereocenters. The maximum absolute atomic E-state index is 12.2. The van der Waals surface area contributed by atoms with Crippen molar-refractivity contribution in [3.05, 3.63) is 54.3 Å². The third kappa shape index (κ3) is 5.69. The highest BCUT2D eigenvalue weighted by atomic mass is 32.2. The van der Waals surface area contributed by atoms with Gasteiger partial charge in [0.2, 0.25) is 5.91 Å². The van der Waals surface area contributed by atoms with E-state index < -0.39 is 0 Å². The maximum atomic E-state index is 12.2. The first-order valence-electron chi connectivity index (χ1n) is 9.41. The van der Waals surface area contributed by atoms with E-state index in [-0.39, 0.29) is 17.8 Å². The molecule has 0 radical (unpaired) electrons. The van der Waals surface area contributed by atoms with Gasteiger partial charge in [0, 0.05) is 26.2 Å². The summed E-state index contributed by atoms with van der Waals surface area (Å²) in [6.07, 6.45) is 1.52. The fraction of sp³-hybridized carbons (Fsp3) is 0.350. The van der Waals surface area contributed by atoms with E-state index in [0.717, 1.165) is 19.6 Å². The summed E-state index contributed by atoms with van der Waals surface area (Å²) in [4.78, 5) is 14.5. The van der Waals surface area contributed by atoms with Crippen LogP contribution in [-0.4, -0.2) is 59.1 Å². The van der Waals surface area contributed by atoms with Crippen molar-refractivity contribution in [1.82, 2.24) is 20.4 Å². The van der Waals surface area contributed by atoms with Crippen molar-refractivity contribution in [2.45, 2.75) is 17.9 Å². The smallest absolute Gasteiger partial charge is 0.284 e. The third-order valence-electron chi connectivity index (χ3n) is 4.46. The van der Waals surface area contributed by atoms with Gasteiger partial charge in [0.1, 0.15) is 0 Å². The number of hydrogen-bond acceptors (Lipinski definition) is 8.